The Hall–Kier alpha value is -2.44. The highest BCUT2D eigenvalue weighted by molar-refractivity contribution is 6.01. The molecule has 1 aromatic rings. The first kappa shape index (κ1) is 22.8. The first-order chi connectivity index (χ1) is 13.8. The second-order valence-corrected chi connectivity index (χ2v) is 7.05. The second kappa shape index (κ2) is 10.4. The molecule has 1 aromatic carbocycles. The second-order valence-electron chi connectivity index (χ2n) is 7.05. The van der Waals surface area contributed by atoms with E-state index in [9.17, 15) is 25.4 Å². The number of benzene rings is 1. The number of amides is 1. The van der Waals surface area contributed by atoms with Crippen LogP contribution >= 0.6 is 0 Å². The SMILES string of the molecule is CCN(CC)c1ccc(/C=C(\C#N)C(=O)NC[C@H]2OC(O)[C@H](C)[C@@H](O)[C@@H]2O)cc1. The number of carbonyl (C=O) groups excluding carboxylic acids is 1. The molecule has 1 aliphatic heterocycles. The van der Waals surface area contributed by atoms with Crippen molar-refractivity contribution in [3.8, 4) is 6.07 Å². The zero-order valence-electron chi connectivity index (χ0n) is 16.9. The minimum absolute atomic E-state index is 0.0969. The lowest BCUT2D eigenvalue weighted by Gasteiger charge is -2.39. The number of aliphatic hydroxyl groups is 3. The van der Waals surface area contributed by atoms with Crippen molar-refractivity contribution < 1.29 is 24.9 Å². The van der Waals surface area contributed by atoms with Crippen molar-refractivity contribution in [2.75, 3.05) is 24.5 Å². The summed E-state index contributed by atoms with van der Waals surface area (Å²) in [5, 5.41) is 41.6. The predicted octanol–water partition coefficient (Wildman–Crippen LogP) is 0.631. The lowest BCUT2D eigenvalue weighted by atomic mass is 9.92. The average Bonchev–Trinajstić information content (AvgIpc) is 2.73. The fourth-order valence-electron chi connectivity index (χ4n) is 3.23. The fraction of sp³-hybridized carbons (Fsp3) is 0.524. The van der Waals surface area contributed by atoms with Gasteiger partial charge in [-0.1, -0.05) is 19.1 Å². The molecule has 1 heterocycles. The smallest absolute Gasteiger partial charge is 0.262 e. The summed E-state index contributed by atoms with van der Waals surface area (Å²) in [6.07, 6.45) is -3.17. The number of rotatable bonds is 7. The van der Waals surface area contributed by atoms with E-state index in [-0.39, 0.29) is 12.1 Å². The number of nitrogens with one attached hydrogen (secondary N) is 1. The van der Waals surface area contributed by atoms with Crippen LogP contribution in [0.2, 0.25) is 0 Å². The number of hydrogen-bond donors (Lipinski definition) is 4. The fourth-order valence-corrected chi connectivity index (χ4v) is 3.23. The van der Waals surface area contributed by atoms with Crippen LogP contribution in [0.25, 0.3) is 6.08 Å². The maximum atomic E-state index is 12.4. The highest BCUT2D eigenvalue weighted by Gasteiger charge is 2.41. The molecule has 0 spiro atoms. The molecule has 8 nitrogen and oxygen atoms in total. The van der Waals surface area contributed by atoms with Gasteiger partial charge in [-0.15, -0.1) is 0 Å². The van der Waals surface area contributed by atoms with Crippen molar-refractivity contribution in [2.45, 2.75) is 45.4 Å². The maximum Gasteiger partial charge on any atom is 0.262 e. The highest BCUT2D eigenvalue weighted by atomic mass is 16.6. The zero-order valence-corrected chi connectivity index (χ0v) is 16.9. The van der Waals surface area contributed by atoms with Gasteiger partial charge in [-0.05, 0) is 37.6 Å². The van der Waals surface area contributed by atoms with E-state index in [0.717, 1.165) is 18.8 Å². The molecule has 5 atom stereocenters. The summed E-state index contributed by atoms with van der Waals surface area (Å²) >= 11 is 0. The Morgan fingerprint density at radius 1 is 1.21 bits per heavy atom. The highest BCUT2D eigenvalue weighted by Crippen LogP contribution is 2.24. The van der Waals surface area contributed by atoms with Crippen LogP contribution in [0.15, 0.2) is 29.8 Å². The zero-order chi connectivity index (χ0) is 21.6. The Bertz CT molecular complexity index is 755. The number of carbonyl (C=O) groups is 1. The molecule has 8 heteroatoms. The van der Waals surface area contributed by atoms with Crippen molar-refractivity contribution in [3.63, 3.8) is 0 Å². The summed E-state index contributed by atoms with van der Waals surface area (Å²) in [7, 11) is 0. The summed E-state index contributed by atoms with van der Waals surface area (Å²) < 4.78 is 5.24. The number of nitriles is 1. The van der Waals surface area contributed by atoms with Gasteiger partial charge in [0.05, 0.1) is 6.10 Å². The summed E-state index contributed by atoms with van der Waals surface area (Å²) in [5.74, 6) is -1.27. The van der Waals surface area contributed by atoms with Gasteiger partial charge < -0.3 is 30.3 Å². The van der Waals surface area contributed by atoms with Crippen LogP contribution in [-0.2, 0) is 9.53 Å². The van der Waals surface area contributed by atoms with Gasteiger partial charge in [0, 0.05) is 31.2 Å². The summed E-state index contributed by atoms with van der Waals surface area (Å²) in [6, 6.07) is 9.40. The monoisotopic (exact) mass is 403 g/mol. The van der Waals surface area contributed by atoms with Gasteiger partial charge in [-0.3, -0.25) is 4.79 Å². The minimum Gasteiger partial charge on any atom is -0.390 e. The lowest BCUT2D eigenvalue weighted by Crippen LogP contribution is -2.56. The summed E-state index contributed by atoms with van der Waals surface area (Å²) in [5.41, 5.74) is 1.67. The van der Waals surface area contributed by atoms with Gasteiger partial charge in [0.15, 0.2) is 6.29 Å². The van der Waals surface area contributed by atoms with E-state index in [1.54, 1.807) is 6.92 Å². The average molecular weight is 403 g/mol. The van der Waals surface area contributed by atoms with Gasteiger partial charge >= 0.3 is 0 Å². The van der Waals surface area contributed by atoms with Gasteiger partial charge in [0.1, 0.15) is 23.9 Å². The Kier molecular flexibility index (Phi) is 8.17. The minimum atomic E-state index is -1.25. The summed E-state index contributed by atoms with van der Waals surface area (Å²) in [6.45, 7) is 7.31. The molecule has 0 saturated carbocycles. The topological polar surface area (TPSA) is 126 Å². The molecule has 0 bridgehead atoms. The van der Waals surface area contributed by atoms with Crippen LogP contribution in [0.5, 0.6) is 0 Å². The first-order valence-electron chi connectivity index (χ1n) is 9.77. The molecule has 1 unspecified atom stereocenters. The molecule has 29 heavy (non-hydrogen) atoms. The van der Waals surface area contributed by atoms with E-state index in [1.807, 2.05) is 30.3 Å². The van der Waals surface area contributed by atoms with E-state index >= 15 is 0 Å². The van der Waals surface area contributed by atoms with Gasteiger partial charge in [0.2, 0.25) is 0 Å². The van der Waals surface area contributed by atoms with Crippen molar-refractivity contribution in [3.05, 3.63) is 35.4 Å². The molecule has 0 aliphatic carbocycles. The Labute approximate surface area is 171 Å². The van der Waals surface area contributed by atoms with E-state index < -0.39 is 36.4 Å². The third-order valence-electron chi connectivity index (χ3n) is 5.20. The Morgan fingerprint density at radius 3 is 2.38 bits per heavy atom. The molecule has 1 saturated heterocycles. The molecular weight excluding hydrogens is 374 g/mol. The number of ether oxygens (including phenoxy) is 1. The van der Waals surface area contributed by atoms with Crippen LogP contribution in [0.3, 0.4) is 0 Å². The van der Waals surface area contributed by atoms with Crippen LogP contribution in [0.4, 0.5) is 5.69 Å². The number of nitrogens with zero attached hydrogens (tertiary/aromatic N) is 2. The van der Waals surface area contributed by atoms with Crippen molar-refractivity contribution >= 4 is 17.7 Å². The molecule has 1 fully saturated rings. The van der Waals surface area contributed by atoms with Crippen LogP contribution in [0, 0.1) is 17.2 Å². The Morgan fingerprint density at radius 2 is 1.83 bits per heavy atom. The quantitative estimate of drug-likeness (QED) is 0.389. The third-order valence-corrected chi connectivity index (χ3v) is 5.20. The van der Waals surface area contributed by atoms with Crippen LogP contribution in [0.1, 0.15) is 26.3 Å². The van der Waals surface area contributed by atoms with Crippen LogP contribution < -0.4 is 10.2 Å². The normalized spacial score (nSPS) is 27.2. The number of aliphatic hydroxyl groups excluding tert-OH is 3. The van der Waals surface area contributed by atoms with Crippen LogP contribution in [-0.4, -0.2) is 65.5 Å². The predicted molar refractivity (Wildman–Crippen MR) is 109 cm³/mol. The molecule has 0 aromatic heterocycles. The lowest BCUT2D eigenvalue weighted by molar-refractivity contribution is -0.258. The van der Waals surface area contributed by atoms with Crippen molar-refractivity contribution in [1.82, 2.24) is 5.32 Å². The third kappa shape index (κ3) is 5.55. The largest absolute Gasteiger partial charge is 0.390 e. The Balaban J connectivity index is 2.02. The van der Waals surface area contributed by atoms with E-state index in [4.69, 9.17) is 4.74 Å². The van der Waals surface area contributed by atoms with Gasteiger partial charge in [-0.2, -0.15) is 5.26 Å². The van der Waals surface area contributed by atoms with Gasteiger partial charge in [0.25, 0.3) is 5.91 Å². The number of anilines is 1. The molecule has 1 aliphatic rings. The summed E-state index contributed by atoms with van der Waals surface area (Å²) in [4.78, 5) is 14.5. The maximum absolute atomic E-state index is 12.4. The van der Waals surface area contributed by atoms with Crippen molar-refractivity contribution in [1.29, 1.82) is 5.26 Å². The molecular formula is C21H29N3O5. The van der Waals surface area contributed by atoms with E-state index in [2.05, 4.69) is 24.1 Å². The van der Waals surface area contributed by atoms with Gasteiger partial charge in [-0.25, -0.2) is 0 Å². The van der Waals surface area contributed by atoms with E-state index in [0.29, 0.717) is 5.56 Å². The standard InChI is InChI=1S/C21H29N3O5/c1-4-24(5-2)16-8-6-14(7-9-16)10-15(11-22)20(27)23-12-17-19(26)18(25)13(3)21(28)29-17/h6-10,13,17-19,21,25-26,28H,4-5,12H2,1-3H3,(H,23,27)/b15-10+/t13-,17-,18-,19-,21?/m1/s1. The van der Waals surface area contributed by atoms with Crippen molar-refractivity contribution in [2.24, 2.45) is 5.92 Å². The number of hydrogen-bond acceptors (Lipinski definition) is 7. The molecule has 0 radical (unpaired) electrons. The molecule has 2 rings (SSSR count). The first-order valence-corrected chi connectivity index (χ1v) is 9.77. The molecule has 158 valence electrons. The van der Waals surface area contributed by atoms with E-state index in [1.165, 1.54) is 6.08 Å². The molecule has 1 amide bonds. The molecule has 4 N–H and O–H groups in total.